The second kappa shape index (κ2) is 5.95. The van der Waals surface area contributed by atoms with Crippen LogP contribution in [-0.4, -0.2) is 5.78 Å². The Morgan fingerprint density at radius 3 is 1.38 bits per heavy atom. The molecule has 0 radical (unpaired) electrons. The van der Waals surface area contributed by atoms with E-state index in [1.54, 1.807) is 0 Å². The third-order valence-corrected chi connectivity index (χ3v) is 8.15. The lowest BCUT2D eigenvalue weighted by Gasteiger charge is -2.31. The quantitative estimate of drug-likeness (QED) is 0.381. The summed E-state index contributed by atoms with van der Waals surface area (Å²) in [6.45, 7) is 0. The van der Waals surface area contributed by atoms with Gasteiger partial charge in [0, 0.05) is 11.1 Å². The minimum Gasteiger partial charge on any atom is -0.289 e. The molecule has 1 aliphatic carbocycles. The van der Waals surface area contributed by atoms with Crippen LogP contribution >= 0.6 is 11.8 Å². The number of rotatable bonds is 2. The molecule has 0 atom stereocenters. The van der Waals surface area contributed by atoms with Gasteiger partial charge in [0.2, 0.25) is 0 Å². The average Bonchev–Trinajstić information content (AvgIpc) is 3.51. The molecule has 0 bridgehead atoms. The average molecular weight is 391 g/mol. The summed E-state index contributed by atoms with van der Waals surface area (Å²) in [4.78, 5) is 13.3. The van der Waals surface area contributed by atoms with Crippen LogP contribution in [0.2, 0.25) is 0 Å². The van der Waals surface area contributed by atoms with Crippen LogP contribution in [0.5, 0.6) is 0 Å². The number of hydrogen-bond acceptors (Lipinski definition) is 2. The van der Waals surface area contributed by atoms with Gasteiger partial charge < -0.3 is 0 Å². The molecular formula is C27H18OS. The molecule has 4 aromatic carbocycles. The first-order chi connectivity index (χ1) is 14.3. The summed E-state index contributed by atoms with van der Waals surface area (Å²) in [6.07, 6.45) is 0. The summed E-state index contributed by atoms with van der Waals surface area (Å²) in [5, 5.41) is 0. The van der Waals surface area contributed by atoms with Crippen LogP contribution in [0, 0.1) is 0 Å². The van der Waals surface area contributed by atoms with Gasteiger partial charge in [-0.15, -0.1) is 11.8 Å². The van der Waals surface area contributed by atoms with Gasteiger partial charge in [-0.25, -0.2) is 0 Å². The van der Waals surface area contributed by atoms with Crippen LogP contribution in [0.15, 0.2) is 109 Å². The van der Waals surface area contributed by atoms with Gasteiger partial charge in [-0.2, -0.15) is 0 Å². The van der Waals surface area contributed by atoms with Gasteiger partial charge >= 0.3 is 0 Å². The summed E-state index contributed by atoms with van der Waals surface area (Å²) in [6, 6.07) is 37.7. The van der Waals surface area contributed by atoms with E-state index in [-0.39, 0.29) is 15.3 Å². The Labute approximate surface area is 174 Å². The van der Waals surface area contributed by atoms with Gasteiger partial charge in [-0.3, -0.25) is 4.79 Å². The van der Waals surface area contributed by atoms with Gasteiger partial charge in [0.25, 0.3) is 0 Å². The first-order valence-corrected chi connectivity index (χ1v) is 10.7. The molecule has 1 heterocycles. The van der Waals surface area contributed by atoms with Gasteiger partial charge in [-0.05, 0) is 22.3 Å². The SMILES string of the molecule is O=C1c2ccccc2C2(SC2(c2ccccc2)c2ccccc2)c2ccccc21. The molecule has 1 aliphatic heterocycles. The maximum absolute atomic E-state index is 13.3. The van der Waals surface area contributed by atoms with E-state index < -0.39 is 0 Å². The number of fused-ring (bicyclic) bond motifs is 4. The Morgan fingerprint density at radius 1 is 0.483 bits per heavy atom. The van der Waals surface area contributed by atoms with E-state index in [9.17, 15) is 4.79 Å². The third-order valence-electron chi connectivity index (χ3n) is 6.22. The number of thioether (sulfide) groups is 1. The molecule has 1 nitrogen and oxygen atoms in total. The highest BCUT2D eigenvalue weighted by atomic mass is 32.2. The van der Waals surface area contributed by atoms with Crippen molar-refractivity contribution in [2.75, 3.05) is 0 Å². The molecule has 1 spiro atoms. The van der Waals surface area contributed by atoms with Crippen LogP contribution in [-0.2, 0) is 9.49 Å². The van der Waals surface area contributed by atoms with Crippen molar-refractivity contribution in [1.29, 1.82) is 0 Å². The fourth-order valence-electron chi connectivity index (χ4n) is 5.00. The highest BCUT2D eigenvalue weighted by Crippen LogP contribution is 2.82. The molecule has 2 aliphatic rings. The zero-order chi connectivity index (χ0) is 19.5. The van der Waals surface area contributed by atoms with Crippen molar-refractivity contribution in [2.45, 2.75) is 9.49 Å². The van der Waals surface area contributed by atoms with Crippen molar-refractivity contribution >= 4 is 17.5 Å². The van der Waals surface area contributed by atoms with Crippen molar-refractivity contribution < 1.29 is 4.79 Å². The zero-order valence-corrected chi connectivity index (χ0v) is 16.5. The van der Waals surface area contributed by atoms with Crippen molar-refractivity contribution in [3.8, 4) is 0 Å². The standard InChI is InChI=1S/C27H18OS/c28-25-21-15-7-9-17-23(21)27(24-18-10-8-16-22(24)25)26(29-27,19-11-3-1-4-12-19)20-13-5-2-6-14-20/h1-18H. The first-order valence-electron chi connectivity index (χ1n) is 9.84. The highest BCUT2D eigenvalue weighted by molar-refractivity contribution is 8.09. The molecule has 0 aromatic heterocycles. The molecule has 1 saturated heterocycles. The van der Waals surface area contributed by atoms with E-state index in [0.29, 0.717) is 0 Å². The van der Waals surface area contributed by atoms with Crippen LogP contribution in [0.3, 0.4) is 0 Å². The Morgan fingerprint density at radius 2 is 0.897 bits per heavy atom. The van der Waals surface area contributed by atoms with E-state index in [1.807, 2.05) is 36.0 Å². The second-order valence-corrected chi connectivity index (χ2v) is 9.05. The fraction of sp³-hybridized carbons (Fsp3) is 0.0741. The van der Waals surface area contributed by atoms with E-state index in [0.717, 1.165) is 22.3 Å². The van der Waals surface area contributed by atoms with Gasteiger partial charge in [0.05, 0.1) is 9.49 Å². The maximum atomic E-state index is 13.3. The number of carbonyl (C=O) groups excluding carboxylic acids is 1. The Kier molecular flexibility index (Phi) is 3.45. The molecule has 138 valence electrons. The molecular weight excluding hydrogens is 372 g/mol. The first kappa shape index (κ1) is 16.8. The second-order valence-electron chi connectivity index (χ2n) is 7.62. The lowest BCUT2D eigenvalue weighted by molar-refractivity contribution is 0.103. The fourth-order valence-corrected chi connectivity index (χ4v) is 6.94. The predicted molar refractivity (Wildman–Crippen MR) is 118 cm³/mol. The van der Waals surface area contributed by atoms with E-state index in [1.165, 1.54) is 11.1 Å². The molecule has 2 heteroatoms. The predicted octanol–water partition coefficient (Wildman–Crippen LogP) is 6.17. The third kappa shape index (κ3) is 2.05. The Balaban J connectivity index is 1.73. The number of hydrogen-bond donors (Lipinski definition) is 0. The minimum absolute atomic E-state index is 0.129. The smallest absolute Gasteiger partial charge is 0.193 e. The summed E-state index contributed by atoms with van der Waals surface area (Å²) in [5.41, 5.74) is 6.45. The zero-order valence-electron chi connectivity index (χ0n) is 15.7. The summed E-state index contributed by atoms with van der Waals surface area (Å²) in [7, 11) is 0. The van der Waals surface area contributed by atoms with E-state index in [2.05, 4.69) is 84.9 Å². The summed E-state index contributed by atoms with van der Waals surface area (Å²) < 4.78 is -0.570. The number of benzene rings is 4. The Bertz CT molecular complexity index is 1150. The van der Waals surface area contributed by atoms with Crippen molar-refractivity contribution in [2.24, 2.45) is 0 Å². The summed E-state index contributed by atoms with van der Waals surface area (Å²) >= 11 is 1.95. The van der Waals surface area contributed by atoms with E-state index in [4.69, 9.17) is 0 Å². The summed E-state index contributed by atoms with van der Waals surface area (Å²) in [5.74, 6) is 0.129. The van der Waals surface area contributed by atoms with Crippen molar-refractivity contribution in [1.82, 2.24) is 0 Å². The molecule has 29 heavy (non-hydrogen) atoms. The molecule has 0 amide bonds. The maximum Gasteiger partial charge on any atom is 0.193 e. The number of ketones is 1. The van der Waals surface area contributed by atoms with Crippen LogP contribution in [0.1, 0.15) is 38.2 Å². The molecule has 0 saturated carbocycles. The van der Waals surface area contributed by atoms with Crippen molar-refractivity contribution in [3.05, 3.63) is 143 Å². The monoisotopic (exact) mass is 390 g/mol. The minimum atomic E-state index is -0.309. The van der Waals surface area contributed by atoms with Gasteiger partial charge in [-0.1, -0.05) is 109 Å². The largest absolute Gasteiger partial charge is 0.289 e. The molecule has 6 rings (SSSR count). The molecule has 4 aromatic rings. The van der Waals surface area contributed by atoms with Crippen LogP contribution in [0.4, 0.5) is 0 Å². The van der Waals surface area contributed by atoms with Crippen molar-refractivity contribution in [3.63, 3.8) is 0 Å². The van der Waals surface area contributed by atoms with Crippen LogP contribution in [0.25, 0.3) is 0 Å². The lowest BCUT2D eigenvalue weighted by atomic mass is 9.68. The van der Waals surface area contributed by atoms with Gasteiger partial charge in [0.15, 0.2) is 5.78 Å². The number of carbonyl (C=O) groups is 1. The van der Waals surface area contributed by atoms with E-state index >= 15 is 0 Å². The molecule has 0 unspecified atom stereocenters. The normalized spacial score (nSPS) is 17.4. The van der Waals surface area contributed by atoms with Crippen LogP contribution < -0.4 is 0 Å². The van der Waals surface area contributed by atoms with Gasteiger partial charge in [0.1, 0.15) is 0 Å². The highest BCUT2D eigenvalue weighted by Gasteiger charge is 2.74. The Hall–Kier alpha value is -3.10. The molecule has 0 N–H and O–H groups in total. The lowest BCUT2D eigenvalue weighted by Crippen LogP contribution is -2.32. The topological polar surface area (TPSA) is 17.1 Å². The molecule has 1 fully saturated rings.